The van der Waals surface area contributed by atoms with Gasteiger partial charge < -0.3 is 15.4 Å². The third kappa shape index (κ3) is 7.65. The van der Waals surface area contributed by atoms with Crippen LogP contribution in [0.25, 0.3) is 5.65 Å². The van der Waals surface area contributed by atoms with E-state index in [0.29, 0.717) is 34.6 Å². The van der Waals surface area contributed by atoms with Crippen LogP contribution in [0.5, 0.6) is 0 Å². The van der Waals surface area contributed by atoms with Gasteiger partial charge in [0, 0.05) is 24.1 Å². The molecule has 2 amide bonds. The number of aromatic nitrogens is 3. The average molecular weight is 714 g/mol. The van der Waals surface area contributed by atoms with E-state index in [-0.39, 0.29) is 41.3 Å². The lowest BCUT2D eigenvalue weighted by atomic mass is 9.97. The number of carbonyl (C=O) groups excluding carboxylic acids is 4. The van der Waals surface area contributed by atoms with Gasteiger partial charge in [-0.1, -0.05) is 35.9 Å². The van der Waals surface area contributed by atoms with Gasteiger partial charge in [0.2, 0.25) is 0 Å². The Morgan fingerprint density at radius 2 is 1.67 bits per heavy atom. The van der Waals surface area contributed by atoms with E-state index in [1.54, 1.807) is 57.2 Å². The number of hydrogen-bond donors (Lipinski definition) is 2. The van der Waals surface area contributed by atoms with Crippen molar-refractivity contribution < 1.29 is 32.7 Å². The molecule has 0 saturated heterocycles. The summed E-state index contributed by atoms with van der Waals surface area (Å²) in [4.78, 5) is 58.1. The molecule has 0 spiro atoms. The highest BCUT2D eigenvalue weighted by Gasteiger charge is 2.30. The summed E-state index contributed by atoms with van der Waals surface area (Å²) in [6.45, 7) is 7.10. The van der Waals surface area contributed by atoms with Crippen molar-refractivity contribution in [2.45, 2.75) is 65.1 Å². The molecule has 262 valence electrons. The quantitative estimate of drug-likeness (QED) is 0.128. The van der Waals surface area contributed by atoms with Crippen molar-refractivity contribution >= 4 is 40.8 Å². The van der Waals surface area contributed by atoms with Crippen LogP contribution in [0.1, 0.15) is 103 Å². The Bertz CT molecular complexity index is 2210. The van der Waals surface area contributed by atoms with E-state index in [0.717, 1.165) is 28.8 Å². The van der Waals surface area contributed by atoms with Crippen LogP contribution >= 0.6 is 11.6 Å². The number of nitrogens with one attached hydrogen (secondary N) is 2. The summed E-state index contributed by atoms with van der Waals surface area (Å²) in [6.07, 6.45) is 2.45. The molecule has 13 heteroatoms. The predicted molar refractivity (Wildman–Crippen MR) is 185 cm³/mol. The first-order chi connectivity index (χ1) is 24.2. The second-order valence-electron chi connectivity index (χ2n) is 13.4. The van der Waals surface area contributed by atoms with Crippen molar-refractivity contribution in [3.8, 4) is 0 Å². The average Bonchev–Trinajstić information content (AvgIpc) is 3.70. The van der Waals surface area contributed by atoms with Crippen LogP contribution in [-0.2, 0) is 24.1 Å². The number of fused-ring (bicyclic) bond motifs is 2. The molecule has 6 rings (SSSR count). The Labute approximate surface area is 297 Å². The lowest BCUT2D eigenvalue weighted by molar-refractivity contribution is 0.00682. The van der Waals surface area contributed by atoms with Gasteiger partial charge in [-0.3, -0.25) is 14.4 Å². The van der Waals surface area contributed by atoms with Gasteiger partial charge in [0.25, 0.3) is 11.8 Å². The van der Waals surface area contributed by atoms with Gasteiger partial charge in [0.1, 0.15) is 17.0 Å². The first-order valence-electron chi connectivity index (χ1n) is 16.2. The highest BCUT2D eigenvalue weighted by Crippen LogP contribution is 2.35. The van der Waals surface area contributed by atoms with Crippen LogP contribution in [0.2, 0.25) is 5.02 Å². The lowest BCUT2D eigenvalue weighted by Crippen LogP contribution is -2.31. The molecule has 1 aliphatic carbocycles. The van der Waals surface area contributed by atoms with Gasteiger partial charge in [0.15, 0.2) is 23.1 Å². The Balaban J connectivity index is 1.31. The molecule has 0 unspecified atom stereocenters. The van der Waals surface area contributed by atoms with Crippen molar-refractivity contribution in [2.24, 2.45) is 0 Å². The lowest BCUT2D eigenvalue weighted by Gasteiger charge is -2.21. The number of nitrogens with zero attached hydrogens (tertiary/aromatic N) is 3. The van der Waals surface area contributed by atoms with E-state index < -0.39 is 41.1 Å². The molecule has 2 N–H and O–H groups in total. The molecule has 0 saturated carbocycles. The van der Waals surface area contributed by atoms with Gasteiger partial charge in [0.05, 0.1) is 23.4 Å². The first-order valence-corrected chi connectivity index (χ1v) is 16.6. The van der Waals surface area contributed by atoms with Crippen molar-refractivity contribution in [2.75, 3.05) is 0 Å². The second kappa shape index (κ2) is 14.0. The van der Waals surface area contributed by atoms with Crippen LogP contribution in [0.4, 0.5) is 8.78 Å². The van der Waals surface area contributed by atoms with Crippen molar-refractivity contribution in [1.29, 1.82) is 0 Å². The van der Waals surface area contributed by atoms with Gasteiger partial charge in [-0.2, -0.15) is 5.10 Å². The molecule has 2 heterocycles. The Hall–Kier alpha value is -5.49. The van der Waals surface area contributed by atoms with Gasteiger partial charge in [-0.05, 0) is 98.7 Å². The highest BCUT2D eigenvalue weighted by atomic mass is 35.5. The summed E-state index contributed by atoms with van der Waals surface area (Å²) in [5.74, 6) is -4.16. The van der Waals surface area contributed by atoms with Gasteiger partial charge >= 0.3 is 5.97 Å². The molecule has 0 radical (unpaired) electrons. The number of ether oxygens (including phenoxy) is 1. The van der Waals surface area contributed by atoms with Crippen LogP contribution in [-0.4, -0.2) is 43.8 Å². The fourth-order valence-corrected chi connectivity index (χ4v) is 6.19. The molecule has 3 aromatic carbocycles. The summed E-state index contributed by atoms with van der Waals surface area (Å²) >= 11 is 6.00. The van der Waals surface area contributed by atoms with Gasteiger partial charge in [-0.15, -0.1) is 0 Å². The smallest absolute Gasteiger partial charge is 0.338 e. The minimum atomic E-state index is -1.06. The van der Waals surface area contributed by atoms with E-state index >= 15 is 0 Å². The summed E-state index contributed by atoms with van der Waals surface area (Å²) in [5, 5.41) is 10.5. The summed E-state index contributed by atoms with van der Waals surface area (Å²) in [5.41, 5.74) is 3.18. The first kappa shape index (κ1) is 35.3. The van der Waals surface area contributed by atoms with E-state index in [1.165, 1.54) is 22.8 Å². The van der Waals surface area contributed by atoms with E-state index in [1.807, 2.05) is 6.92 Å². The fraction of sp³-hybridized carbons (Fsp3) is 0.263. The molecule has 10 nitrogen and oxygen atoms in total. The normalized spacial score (nSPS) is 13.9. The largest absolute Gasteiger partial charge is 0.456 e. The van der Waals surface area contributed by atoms with Gasteiger partial charge in [-0.25, -0.2) is 23.1 Å². The standard InChI is InChI=1S/C38H34ClF2N5O5/c1-20-24-12-14-30(26(24)11-10-25(20)37(50)51-38(2,3)4)45-36(49)32-17-31(35(48)42-18-22-7-13-28(40)29(41)15-22)44-34-27(19-43-46(32)34)33(47)16-21-5-8-23(39)9-6-21/h5-11,13,15,17,19,30H,12,14,16,18H2,1-4H3,(H,42,48)(H,45,49)/t30-/m0/s1. The number of rotatable bonds is 9. The Kier molecular flexibility index (Phi) is 9.72. The fourth-order valence-electron chi connectivity index (χ4n) is 6.06. The topological polar surface area (TPSA) is 132 Å². The summed E-state index contributed by atoms with van der Waals surface area (Å²) in [6, 6.07) is 14.3. The SMILES string of the molecule is Cc1c(C(=O)OC(C)(C)C)ccc2c1CC[C@@H]2NC(=O)c1cc(C(=O)NCc2ccc(F)c(F)c2)nc2c(C(=O)Cc3ccc(Cl)cc3)cnn12. The molecule has 0 fully saturated rings. The van der Waals surface area contributed by atoms with E-state index in [9.17, 15) is 28.0 Å². The molecule has 1 aliphatic rings. The van der Waals surface area contributed by atoms with Crippen LogP contribution in [0.15, 0.2) is 66.9 Å². The zero-order valence-electron chi connectivity index (χ0n) is 28.3. The maximum Gasteiger partial charge on any atom is 0.338 e. The van der Waals surface area contributed by atoms with Crippen molar-refractivity contribution in [1.82, 2.24) is 25.2 Å². The van der Waals surface area contributed by atoms with Crippen LogP contribution in [0, 0.1) is 18.6 Å². The number of ketones is 1. The van der Waals surface area contributed by atoms with E-state index in [4.69, 9.17) is 16.3 Å². The number of carbonyl (C=O) groups is 4. The molecule has 51 heavy (non-hydrogen) atoms. The van der Waals surface area contributed by atoms with E-state index in [2.05, 4.69) is 20.7 Å². The zero-order chi connectivity index (χ0) is 36.6. The number of amides is 2. The van der Waals surface area contributed by atoms with Crippen molar-refractivity contribution in [3.63, 3.8) is 0 Å². The van der Waals surface area contributed by atoms with Crippen molar-refractivity contribution in [3.05, 3.63) is 134 Å². The molecule has 0 bridgehead atoms. The summed E-state index contributed by atoms with van der Waals surface area (Å²) < 4.78 is 34.0. The molecule has 5 aromatic rings. The third-order valence-corrected chi connectivity index (χ3v) is 8.82. The molecular weight excluding hydrogens is 680 g/mol. The number of esters is 1. The summed E-state index contributed by atoms with van der Waals surface area (Å²) in [7, 11) is 0. The van der Waals surface area contributed by atoms with Crippen LogP contribution < -0.4 is 10.6 Å². The maximum absolute atomic E-state index is 14.0. The molecular formula is C38H34ClF2N5O5. The molecule has 0 aliphatic heterocycles. The second-order valence-corrected chi connectivity index (χ2v) is 13.8. The molecule has 1 atom stereocenters. The zero-order valence-corrected chi connectivity index (χ0v) is 29.0. The maximum atomic E-state index is 14.0. The minimum Gasteiger partial charge on any atom is -0.456 e. The number of hydrogen-bond acceptors (Lipinski definition) is 7. The Morgan fingerprint density at radius 3 is 2.37 bits per heavy atom. The Morgan fingerprint density at radius 1 is 0.941 bits per heavy atom. The third-order valence-electron chi connectivity index (χ3n) is 8.57. The highest BCUT2D eigenvalue weighted by molar-refractivity contribution is 6.30. The van der Waals surface area contributed by atoms with Crippen LogP contribution in [0.3, 0.4) is 0 Å². The number of benzene rings is 3. The minimum absolute atomic E-state index is 0.00995. The predicted octanol–water partition coefficient (Wildman–Crippen LogP) is 6.70. The molecule has 2 aromatic heterocycles. The number of Topliss-reactive ketones (excluding diaryl/α,β-unsaturated/α-hetero) is 1. The number of halogens is 3. The monoisotopic (exact) mass is 713 g/mol.